The molecule has 0 amide bonds. The molecular formula is C19H17NO4S. The van der Waals surface area contributed by atoms with E-state index >= 15 is 0 Å². The molecule has 0 fully saturated rings. The lowest BCUT2D eigenvalue weighted by Gasteiger charge is -2.11. The maximum Gasteiger partial charge on any atom is 0.332 e. The number of ether oxygens (including phenoxy) is 2. The van der Waals surface area contributed by atoms with Crippen LogP contribution in [0, 0.1) is 0 Å². The van der Waals surface area contributed by atoms with E-state index in [9.17, 15) is 9.59 Å². The molecule has 0 bridgehead atoms. The van der Waals surface area contributed by atoms with Crippen LogP contribution in [-0.2, 0) is 32.3 Å². The van der Waals surface area contributed by atoms with Crippen molar-refractivity contribution in [3.8, 4) is 0 Å². The molecule has 128 valence electrons. The van der Waals surface area contributed by atoms with E-state index < -0.39 is 18.0 Å². The lowest BCUT2D eigenvalue weighted by molar-refractivity contribution is -0.153. The molecule has 2 aromatic rings. The average molecular weight is 355 g/mol. The molecule has 1 unspecified atom stereocenters. The number of esters is 2. The Hall–Kier alpha value is -2.82. The molecule has 0 aliphatic rings. The predicted octanol–water partition coefficient (Wildman–Crippen LogP) is 3.33. The predicted molar refractivity (Wildman–Crippen MR) is 95.9 cm³/mol. The highest BCUT2D eigenvalue weighted by molar-refractivity contribution is 7.78. The fraction of sp³-hybridized carbons (Fsp3) is 0.211. The van der Waals surface area contributed by atoms with Crippen LogP contribution < -0.4 is 0 Å². The second-order valence-electron chi connectivity index (χ2n) is 5.18. The number of benzene rings is 2. The first-order chi connectivity index (χ1) is 12.2. The van der Waals surface area contributed by atoms with Crippen LogP contribution in [0.5, 0.6) is 0 Å². The standard InChI is InChI=1S/C19H17NO4S/c21-18(23-12-15-7-3-1-4-8-15)11-17(20-14-25)19(22)24-13-16-9-5-2-6-10-16/h1-10,17H,11-13H2. The van der Waals surface area contributed by atoms with Gasteiger partial charge in [-0.15, -0.1) is 0 Å². The summed E-state index contributed by atoms with van der Waals surface area (Å²) in [6.45, 7) is 0.231. The summed E-state index contributed by atoms with van der Waals surface area (Å²) in [7, 11) is 0. The number of rotatable bonds is 8. The average Bonchev–Trinajstić information content (AvgIpc) is 2.66. The van der Waals surface area contributed by atoms with Crippen molar-refractivity contribution >= 4 is 29.3 Å². The molecule has 0 saturated carbocycles. The lowest BCUT2D eigenvalue weighted by Crippen LogP contribution is -2.25. The van der Waals surface area contributed by atoms with E-state index in [1.54, 1.807) is 0 Å². The number of hydrogen-bond donors (Lipinski definition) is 0. The quantitative estimate of drug-likeness (QED) is 0.413. The van der Waals surface area contributed by atoms with Gasteiger partial charge in [-0.3, -0.25) is 4.79 Å². The van der Waals surface area contributed by atoms with Crippen molar-refractivity contribution < 1.29 is 19.1 Å². The smallest absolute Gasteiger partial charge is 0.332 e. The minimum absolute atomic E-state index is 0.0994. The molecule has 1 atom stereocenters. The van der Waals surface area contributed by atoms with Crippen molar-refractivity contribution in [2.45, 2.75) is 25.7 Å². The van der Waals surface area contributed by atoms with Gasteiger partial charge in [-0.1, -0.05) is 60.7 Å². The molecule has 0 aliphatic carbocycles. The van der Waals surface area contributed by atoms with E-state index in [-0.39, 0.29) is 19.6 Å². The number of isothiocyanates is 1. The van der Waals surface area contributed by atoms with Crippen molar-refractivity contribution in [3.63, 3.8) is 0 Å². The Morgan fingerprint density at radius 1 is 0.920 bits per heavy atom. The number of hydrogen-bond acceptors (Lipinski definition) is 6. The summed E-state index contributed by atoms with van der Waals surface area (Å²) in [5.74, 6) is -1.20. The van der Waals surface area contributed by atoms with E-state index in [0.29, 0.717) is 0 Å². The molecule has 0 N–H and O–H groups in total. The topological polar surface area (TPSA) is 65.0 Å². The van der Waals surface area contributed by atoms with Crippen LogP contribution in [0.25, 0.3) is 0 Å². The Labute approximate surface area is 151 Å². The highest BCUT2D eigenvalue weighted by atomic mass is 32.1. The van der Waals surface area contributed by atoms with Crippen LogP contribution in [0.15, 0.2) is 65.7 Å². The highest BCUT2D eigenvalue weighted by Crippen LogP contribution is 2.08. The Morgan fingerprint density at radius 2 is 1.44 bits per heavy atom. The summed E-state index contributed by atoms with van der Waals surface area (Å²) < 4.78 is 10.3. The fourth-order valence-electron chi connectivity index (χ4n) is 2.03. The zero-order chi connectivity index (χ0) is 17.9. The van der Waals surface area contributed by atoms with Crippen molar-refractivity contribution in [2.75, 3.05) is 0 Å². The number of nitrogens with zero attached hydrogens (tertiary/aromatic N) is 1. The summed E-state index contributed by atoms with van der Waals surface area (Å²) in [6, 6.07) is 17.4. The Kier molecular flexibility index (Phi) is 7.50. The monoisotopic (exact) mass is 355 g/mol. The highest BCUT2D eigenvalue weighted by Gasteiger charge is 2.23. The van der Waals surface area contributed by atoms with Crippen molar-refractivity contribution in [3.05, 3.63) is 71.8 Å². The van der Waals surface area contributed by atoms with Gasteiger partial charge in [0.15, 0.2) is 6.04 Å². The maximum atomic E-state index is 12.1. The normalized spacial score (nSPS) is 11.0. The SMILES string of the molecule is O=C(CC(N=C=S)C(=O)OCc1ccccc1)OCc1ccccc1. The largest absolute Gasteiger partial charge is 0.461 e. The number of carbonyl (C=O) groups is 2. The molecule has 0 heterocycles. The molecule has 0 aliphatic heterocycles. The van der Waals surface area contributed by atoms with Crippen LogP contribution in [0.4, 0.5) is 0 Å². The van der Waals surface area contributed by atoms with Gasteiger partial charge in [0, 0.05) is 0 Å². The molecule has 0 saturated heterocycles. The minimum atomic E-state index is -1.05. The Balaban J connectivity index is 1.85. The van der Waals surface area contributed by atoms with Gasteiger partial charge in [-0.25, -0.2) is 9.79 Å². The second kappa shape index (κ2) is 10.1. The molecule has 2 rings (SSSR count). The first-order valence-electron chi connectivity index (χ1n) is 7.66. The fourth-order valence-corrected chi connectivity index (χ4v) is 2.15. The van der Waals surface area contributed by atoms with E-state index in [0.717, 1.165) is 11.1 Å². The van der Waals surface area contributed by atoms with Crippen LogP contribution in [0.1, 0.15) is 17.5 Å². The van der Waals surface area contributed by atoms with Crippen LogP contribution >= 0.6 is 12.2 Å². The minimum Gasteiger partial charge on any atom is -0.461 e. The number of thiocarbonyl (C=S) groups is 1. The van der Waals surface area contributed by atoms with Gasteiger partial charge >= 0.3 is 11.9 Å². The van der Waals surface area contributed by atoms with E-state index in [4.69, 9.17) is 9.47 Å². The zero-order valence-electron chi connectivity index (χ0n) is 13.5. The molecule has 5 nitrogen and oxygen atoms in total. The maximum absolute atomic E-state index is 12.1. The van der Waals surface area contributed by atoms with Gasteiger partial charge in [-0.05, 0) is 23.3 Å². The van der Waals surface area contributed by atoms with Crippen molar-refractivity contribution in [1.29, 1.82) is 0 Å². The van der Waals surface area contributed by atoms with E-state index in [1.807, 2.05) is 60.7 Å². The molecule has 6 heteroatoms. The molecule has 0 spiro atoms. The molecule has 0 aromatic heterocycles. The second-order valence-corrected chi connectivity index (χ2v) is 5.36. The Morgan fingerprint density at radius 3 is 1.96 bits per heavy atom. The van der Waals surface area contributed by atoms with E-state index in [2.05, 4.69) is 22.4 Å². The summed E-state index contributed by atoms with van der Waals surface area (Å²) in [6.07, 6.45) is -0.246. The molecular weight excluding hydrogens is 338 g/mol. The first-order valence-corrected chi connectivity index (χ1v) is 8.07. The third-order valence-corrected chi connectivity index (χ3v) is 3.41. The van der Waals surface area contributed by atoms with Gasteiger partial charge in [0.25, 0.3) is 0 Å². The first kappa shape index (κ1) is 18.5. The van der Waals surface area contributed by atoms with Gasteiger partial charge in [0.1, 0.15) is 13.2 Å². The summed E-state index contributed by atoms with van der Waals surface area (Å²) >= 11 is 4.54. The third-order valence-electron chi connectivity index (χ3n) is 3.31. The van der Waals surface area contributed by atoms with Crippen molar-refractivity contribution in [1.82, 2.24) is 0 Å². The number of carbonyl (C=O) groups excluding carboxylic acids is 2. The van der Waals surface area contributed by atoms with Gasteiger partial charge in [0.05, 0.1) is 11.6 Å². The zero-order valence-corrected chi connectivity index (χ0v) is 14.3. The van der Waals surface area contributed by atoms with Crippen molar-refractivity contribution in [2.24, 2.45) is 4.99 Å². The molecule has 25 heavy (non-hydrogen) atoms. The Bertz CT molecular complexity index is 743. The molecule has 2 aromatic carbocycles. The van der Waals surface area contributed by atoms with Gasteiger partial charge in [0.2, 0.25) is 0 Å². The summed E-state index contributed by atoms with van der Waals surface area (Å²) in [5.41, 5.74) is 1.70. The summed E-state index contributed by atoms with van der Waals surface area (Å²) in [5, 5.41) is 2.13. The van der Waals surface area contributed by atoms with Crippen LogP contribution in [-0.4, -0.2) is 23.1 Å². The summed E-state index contributed by atoms with van der Waals surface area (Å²) in [4.78, 5) is 27.8. The van der Waals surface area contributed by atoms with E-state index in [1.165, 1.54) is 0 Å². The number of aliphatic imine (C=N–C) groups is 1. The molecule has 0 radical (unpaired) electrons. The van der Waals surface area contributed by atoms with Crippen LogP contribution in [0.3, 0.4) is 0 Å². The third kappa shape index (κ3) is 6.67. The van der Waals surface area contributed by atoms with Gasteiger partial charge < -0.3 is 9.47 Å². The lowest BCUT2D eigenvalue weighted by atomic mass is 10.2. The van der Waals surface area contributed by atoms with Crippen LogP contribution in [0.2, 0.25) is 0 Å². The van der Waals surface area contributed by atoms with Gasteiger partial charge in [-0.2, -0.15) is 0 Å².